The molecule has 1 heterocycles. The minimum Gasteiger partial charge on any atom is -0.478 e. The van der Waals surface area contributed by atoms with Crippen molar-refractivity contribution in [2.24, 2.45) is 0 Å². The highest BCUT2D eigenvalue weighted by molar-refractivity contribution is 5.95. The molecule has 3 N–H and O–H groups in total. The smallest absolute Gasteiger partial charge is 0.337 e. The molecule has 3 rings (SSSR count). The van der Waals surface area contributed by atoms with E-state index >= 15 is 0 Å². The van der Waals surface area contributed by atoms with E-state index in [9.17, 15) is 14.7 Å². The summed E-state index contributed by atoms with van der Waals surface area (Å²) in [6.45, 7) is 3.27. The van der Waals surface area contributed by atoms with Crippen molar-refractivity contribution in [1.29, 1.82) is 0 Å². The van der Waals surface area contributed by atoms with Gasteiger partial charge in [-0.25, -0.2) is 14.8 Å². The van der Waals surface area contributed by atoms with Crippen LogP contribution in [0.2, 0.25) is 0 Å². The van der Waals surface area contributed by atoms with Crippen molar-refractivity contribution in [3.63, 3.8) is 0 Å². The number of carboxylic acids is 1. The average Bonchev–Trinajstić information content (AvgIpc) is 2.62. The number of nitrogens with zero attached hydrogens (tertiary/aromatic N) is 2. The molecule has 0 amide bonds. The Kier molecular flexibility index (Phi) is 5.12. The molecule has 0 radical (unpaired) electrons. The first-order chi connectivity index (χ1) is 12.9. The number of hydrogen-bond donors (Lipinski definition) is 3. The molecule has 7 heteroatoms. The van der Waals surface area contributed by atoms with Gasteiger partial charge in [-0.05, 0) is 50.2 Å². The molecule has 0 aliphatic rings. The molecule has 136 valence electrons. The highest BCUT2D eigenvalue weighted by Crippen LogP contribution is 2.23. The summed E-state index contributed by atoms with van der Waals surface area (Å²) >= 11 is 0. The predicted octanol–water partition coefficient (Wildman–Crippen LogP) is 4.17. The zero-order chi connectivity index (χ0) is 19.4. The second kappa shape index (κ2) is 7.65. The Hall–Kier alpha value is -3.74. The van der Waals surface area contributed by atoms with Crippen molar-refractivity contribution < 1.29 is 14.7 Å². The molecule has 0 aliphatic heterocycles. The van der Waals surface area contributed by atoms with Gasteiger partial charge in [0.1, 0.15) is 17.5 Å². The third-order valence-corrected chi connectivity index (χ3v) is 3.82. The van der Waals surface area contributed by atoms with E-state index in [1.165, 1.54) is 13.0 Å². The number of carbonyl (C=O) groups is 2. The van der Waals surface area contributed by atoms with Gasteiger partial charge < -0.3 is 15.7 Å². The van der Waals surface area contributed by atoms with Crippen LogP contribution in [-0.2, 0) is 0 Å². The van der Waals surface area contributed by atoms with Crippen molar-refractivity contribution in [3.8, 4) is 0 Å². The first kappa shape index (κ1) is 18.1. The fraction of sp³-hybridized carbons (Fsp3) is 0.100. The summed E-state index contributed by atoms with van der Waals surface area (Å²) in [6.07, 6.45) is 0. The first-order valence-electron chi connectivity index (χ1n) is 8.25. The van der Waals surface area contributed by atoms with E-state index in [-0.39, 0.29) is 11.3 Å². The van der Waals surface area contributed by atoms with E-state index in [1.54, 1.807) is 55.5 Å². The number of hydrogen-bond acceptors (Lipinski definition) is 6. The SMILES string of the molecule is CC(=O)c1ccc(Nc2cc(Nc3ccccc3C(=O)O)nc(C)n2)cc1. The Morgan fingerprint density at radius 1 is 0.926 bits per heavy atom. The van der Waals surface area contributed by atoms with Crippen LogP contribution in [0.4, 0.5) is 23.0 Å². The fourth-order valence-electron chi connectivity index (χ4n) is 2.55. The van der Waals surface area contributed by atoms with E-state index in [1.807, 2.05) is 0 Å². The maximum atomic E-state index is 11.4. The lowest BCUT2D eigenvalue weighted by Gasteiger charge is -2.12. The first-order valence-corrected chi connectivity index (χ1v) is 8.25. The molecule has 0 atom stereocenters. The van der Waals surface area contributed by atoms with Crippen LogP contribution in [0.1, 0.15) is 33.5 Å². The number of carbonyl (C=O) groups excluding carboxylic acids is 1. The molecule has 0 fully saturated rings. The standard InChI is InChI=1S/C20H18N4O3/c1-12(25)14-7-9-15(10-8-14)23-18-11-19(22-13(2)21-18)24-17-6-4-3-5-16(17)20(26)27/h3-11H,1-2H3,(H,26,27)(H2,21,22,23,24). The van der Waals surface area contributed by atoms with Crippen LogP contribution in [0.5, 0.6) is 0 Å². The third-order valence-electron chi connectivity index (χ3n) is 3.82. The minimum atomic E-state index is -1.02. The topological polar surface area (TPSA) is 104 Å². The molecular weight excluding hydrogens is 344 g/mol. The van der Waals surface area contributed by atoms with Crippen molar-refractivity contribution >= 4 is 34.8 Å². The van der Waals surface area contributed by atoms with E-state index in [0.717, 1.165) is 5.69 Å². The highest BCUT2D eigenvalue weighted by atomic mass is 16.4. The largest absolute Gasteiger partial charge is 0.478 e. The predicted molar refractivity (Wildman–Crippen MR) is 103 cm³/mol. The molecule has 7 nitrogen and oxygen atoms in total. The molecule has 2 aromatic carbocycles. The average molecular weight is 362 g/mol. The molecule has 0 unspecified atom stereocenters. The van der Waals surface area contributed by atoms with Crippen LogP contribution >= 0.6 is 0 Å². The van der Waals surface area contributed by atoms with Gasteiger partial charge in [0.25, 0.3) is 0 Å². The molecule has 0 spiro atoms. The molecule has 0 saturated carbocycles. The van der Waals surface area contributed by atoms with Gasteiger partial charge in [-0.3, -0.25) is 4.79 Å². The summed E-state index contributed by atoms with van der Waals surface area (Å²) in [7, 11) is 0. The summed E-state index contributed by atoms with van der Waals surface area (Å²) in [5, 5.41) is 15.5. The van der Waals surface area contributed by atoms with Gasteiger partial charge in [0.05, 0.1) is 11.3 Å². The molecule has 1 aromatic heterocycles. The highest BCUT2D eigenvalue weighted by Gasteiger charge is 2.11. The fourth-order valence-corrected chi connectivity index (χ4v) is 2.55. The molecule has 0 bridgehead atoms. The number of nitrogens with one attached hydrogen (secondary N) is 2. The van der Waals surface area contributed by atoms with Crippen molar-refractivity contribution in [2.75, 3.05) is 10.6 Å². The Labute approximate surface area is 156 Å². The molecule has 3 aromatic rings. The lowest BCUT2D eigenvalue weighted by Crippen LogP contribution is -2.05. The Morgan fingerprint density at radius 3 is 2.19 bits per heavy atom. The van der Waals surface area contributed by atoms with Gasteiger partial charge in [-0.2, -0.15) is 0 Å². The van der Waals surface area contributed by atoms with Crippen molar-refractivity contribution in [2.45, 2.75) is 13.8 Å². The Bertz CT molecular complexity index is 1000. The maximum Gasteiger partial charge on any atom is 0.337 e. The van der Waals surface area contributed by atoms with Gasteiger partial charge in [0.2, 0.25) is 0 Å². The number of carboxylic acid groups (broad SMARTS) is 1. The summed E-state index contributed by atoms with van der Waals surface area (Å²) in [6, 6.07) is 15.4. The number of aryl methyl sites for hydroxylation is 1. The second-order valence-corrected chi connectivity index (χ2v) is 5.92. The van der Waals surface area contributed by atoms with Crippen LogP contribution < -0.4 is 10.6 Å². The Morgan fingerprint density at radius 2 is 1.56 bits per heavy atom. The zero-order valence-electron chi connectivity index (χ0n) is 14.9. The van der Waals surface area contributed by atoms with Crippen LogP contribution in [0.25, 0.3) is 0 Å². The van der Waals surface area contributed by atoms with Gasteiger partial charge in [-0.1, -0.05) is 12.1 Å². The molecule has 27 heavy (non-hydrogen) atoms. The van der Waals surface area contributed by atoms with E-state index in [0.29, 0.717) is 28.7 Å². The quantitative estimate of drug-likeness (QED) is 0.565. The van der Waals surface area contributed by atoms with E-state index < -0.39 is 5.97 Å². The van der Waals surface area contributed by atoms with Gasteiger partial charge in [0.15, 0.2) is 5.78 Å². The number of para-hydroxylation sites is 1. The van der Waals surface area contributed by atoms with Gasteiger partial charge in [-0.15, -0.1) is 0 Å². The van der Waals surface area contributed by atoms with Crippen LogP contribution in [-0.4, -0.2) is 26.8 Å². The van der Waals surface area contributed by atoms with E-state index in [4.69, 9.17) is 0 Å². The number of aromatic carboxylic acids is 1. The normalized spacial score (nSPS) is 10.3. The van der Waals surface area contributed by atoms with Gasteiger partial charge >= 0.3 is 5.97 Å². The summed E-state index contributed by atoms with van der Waals surface area (Å²) < 4.78 is 0. The van der Waals surface area contributed by atoms with Crippen LogP contribution in [0.3, 0.4) is 0 Å². The molecule has 0 saturated heterocycles. The van der Waals surface area contributed by atoms with Crippen molar-refractivity contribution in [3.05, 3.63) is 71.5 Å². The number of benzene rings is 2. The number of Topliss-reactive ketones (excluding diaryl/α,β-unsaturated/α-hetero) is 1. The number of aromatic nitrogens is 2. The van der Waals surface area contributed by atoms with E-state index in [2.05, 4.69) is 20.6 Å². The minimum absolute atomic E-state index is 0.00279. The van der Waals surface area contributed by atoms with Crippen LogP contribution in [0, 0.1) is 6.92 Å². The lowest BCUT2D eigenvalue weighted by molar-refractivity contribution is 0.0697. The monoisotopic (exact) mass is 362 g/mol. The second-order valence-electron chi connectivity index (χ2n) is 5.92. The number of anilines is 4. The summed E-state index contributed by atoms with van der Waals surface area (Å²) in [5.41, 5.74) is 2.00. The molecule has 0 aliphatic carbocycles. The molecular formula is C20H18N4O3. The maximum absolute atomic E-state index is 11.4. The lowest BCUT2D eigenvalue weighted by atomic mass is 10.1. The van der Waals surface area contributed by atoms with Gasteiger partial charge in [0, 0.05) is 17.3 Å². The Balaban J connectivity index is 1.84. The zero-order valence-corrected chi connectivity index (χ0v) is 14.9. The summed E-state index contributed by atoms with van der Waals surface area (Å²) in [4.78, 5) is 31.4. The van der Waals surface area contributed by atoms with Crippen LogP contribution in [0.15, 0.2) is 54.6 Å². The number of rotatable bonds is 6. The van der Waals surface area contributed by atoms with Crippen molar-refractivity contribution in [1.82, 2.24) is 9.97 Å². The summed E-state index contributed by atoms with van der Waals surface area (Å²) in [5.74, 6) is 0.527. The number of ketones is 1. The third kappa shape index (κ3) is 4.46.